The molecule has 0 fully saturated rings. The summed E-state index contributed by atoms with van der Waals surface area (Å²) in [5.74, 6) is 0.862. The quantitative estimate of drug-likeness (QED) is 0.691. The van der Waals surface area contributed by atoms with Crippen molar-refractivity contribution < 1.29 is 9.47 Å². The van der Waals surface area contributed by atoms with Crippen molar-refractivity contribution in [3.05, 3.63) is 73.4 Å². The molecule has 0 radical (unpaired) electrons. The van der Waals surface area contributed by atoms with Gasteiger partial charge in [-0.3, -0.25) is 0 Å². The van der Waals surface area contributed by atoms with Gasteiger partial charge in [-0.2, -0.15) is 0 Å². The molecule has 0 bridgehead atoms. The summed E-state index contributed by atoms with van der Waals surface area (Å²) in [5, 5.41) is 0. The third-order valence-corrected chi connectivity index (χ3v) is 3.08. The minimum Gasteiger partial charge on any atom is -0.489 e. The second-order valence-corrected chi connectivity index (χ2v) is 4.49. The highest BCUT2D eigenvalue weighted by molar-refractivity contribution is 5.75. The maximum Gasteiger partial charge on any atom is 0.127 e. The Bertz CT molecular complexity index is 526. The zero-order chi connectivity index (χ0) is 14.2. The van der Waals surface area contributed by atoms with E-state index in [0.29, 0.717) is 13.2 Å². The van der Waals surface area contributed by atoms with E-state index < -0.39 is 0 Å². The molecule has 0 aliphatic heterocycles. The molecule has 0 heterocycles. The smallest absolute Gasteiger partial charge is 0.127 e. The van der Waals surface area contributed by atoms with E-state index in [1.165, 1.54) is 0 Å². The normalized spacial score (nSPS) is 17.4. The van der Waals surface area contributed by atoms with Crippen molar-refractivity contribution in [2.45, 2.75) is 12.5 Å². The van der Waals surface area contributed by atoms with Crippen LogP contribution in [0.5, 0.6) is 5.75 Å². The minimum absolute atomic E-state index is 0.0477. The van der Waals surface area contributed by atoms with Crippen LogP contribution < -0.4 is 4.74 Å². The summed E-state index contributed by atoms with van der Waals surface area (Å²) in [7, 11) is 0. The lowest BCUT2D eigenvalue weighted by Gasteiger charge is -2.23. The lowest BCUT2D eigenvalue weighted by molar-refractivity contribution is 0.118. The van der Waals surface area contributed by atoms with Crippen molar-refractivity contribution >= 4 is 5.57 Å². The lowest BCUT2D eigenvalue weighted by Crippen LogP contribution is -2.17. The Morgan fingerprint density at radius 1 is 1.15 bits per heavy atom. The molecule has 1 aromatic carbocycles. The van der Waals surface area contributed by atoms with Crippen LogP contribution in [0.25, 0.3) is 5.57 Å². The van der Waals surface area contributed by atoms with E-state index in [4.69, 9.17) is 9.47 Å². The van der Waals surface area contributed by atoms with Gasteiger partial charge in [-0.1, -0.05) is 55.2 Å². The molecule has 20 heavy (non-hydrogen) atoms. The van der Waals surface area contributed by atoms with Gasteiger partial charge in [-0.15, -0.1) is 6.58 Å². The molecule has 1 aromatic rings. The molecule has 1 unspecified atom stereocenters. The summed E-state index contributed by atoms with van der Waals surface area (Å²) in [4.78, 5) is 0. The van der Waals surface area contributed by atoms with Gasteiger partial charge in [-0.25, -0.2) is 0 Å². The number of hydrogen-bond donors (Lipinski definition) is 0. The number of benzene rings is 1. The standard InChI is InChI=1S/C18H20O2/c1-3-13-19-17-11-7-5-9-15(17)16-10-6-8-12-18(16)20-14-4-2/h3-11,18H,1-2,12-14H2. The first kappa shape index (κ1) is 14.4. The van der Waals surface area contributed by atoms with Gasteiger partial charge in [0, 0.05) is 5.56 Å². The average molecular weight is 268 g/mol. The molecule has 0 amide bonds. The van der Waals surface area contributed by atoms with Crippen LogP contribution in [0.1, 0.15) is 12.0 Å². The number of hydrogen-bond acceptors (Lipinski definition) is 2. The van der Waals surface area contributed by atoms with E-state index in [1.807, 2.05) is 18.2 Å². The molecule has 0 spiro atoms. The van der Waals surface area contributed by atoms with Crippen LogP contribution in [-0.2, 0) is 4.74 Å². The largest absolute Gasteiger partial charge is 0.489 e. The first-order valence-electron chi connectivity index (χ1n) is 6.79. The Labute approximate surface area is 120 Å². The highest BCUT2D eigenvalue weighted by Gasteiger charge is 2.19. The van der Waals surface area contributed by atoms with Gasteiger partial charge in [0.1, 0.15) is 12.4 Å². The Kier molecular flexibility index (Phi) is 5.39. The monoisotopic (exact) mass is 268 g/mol. The number of para-hydroxylation sites is 1. The van der Waals surface area contributed by atoms with Crippen LogP contribution in [0.3, 0.4) is 0 Å². The van der Waals surface area contributed by atoms with E-state index in [1.54, 1.807) is 12.2 Å². The van der Waals surface area contributed by atoms with Gasteiger partial charge in [0.25, 0.3) is 0 Å². The molecule has 2 rings (SSSR count). The summed E-state index contributed by atoms with van der Waals surface area (Å²) in [6.07, 6.45) is 10.7. The molecule has 0 saturated carbocycles. The van der Waals surface area contributed by atoms with Crippen molar-refractivity contribution in [3.63, 3.8) is 0 Å². The summed E-state index contributed by atoms with van der Waals surface area (Å²) in [5.41, 5.74) is 2.22. The topological polar surface area (TPSA) is 18.5 Å². The molecular weight excluding hydrogens is 248 g/mol. The highest BCUT2D eigenvalue weighted by Crippen LogP contribution is 2.32. The van der Waals surface area contributed by atoms with Crippen LogP contribution in [0.4, 0.5) is 0 Å². The molecular formula is C18H20O2. The summed E-state index contributed by atoms with van der Waals surface area (Å²) >= 11 is 0. The third-order valence-electron chi connectivity index (χ3n) is 3.08. The Balaban J connectivity index is 2.27. The Morgan fingerprint density at radius 2 is 1.95 bits per heavy atom. The SMILES string of the molecule is C=CCOc1ccccc1C1=CC=CCC1OCC=C. The van der Waals surface area contributed by atoms with Crippen molar-refractivity contribution in [2.75, 3.05) is 13.2 Å². The molecule has 2 heteroatoms. The van der Waals surface area contributed by atoms with Gasteiger partial charge in [-0.05, 0) is 18.1 Å². The van der Waals surface area contributed by atoms with Gasteiger partial charge < -0.3 is 9.47 Å². The fourth-order valence-corrected chi connectivity index (χ4v) is 2.19. The summed E-state index contributed by atoms with van der Waals surface area (Å²) in [6.45, 7) is 8.43. The van der Waals surface area contributed by atoms with Gasteiger partial charge in [0.15, 0.2) is 0 Å². The molecule has 1 aliphatic carbocycles. The number of rotatable bonds is 7. The molecule has 1 atom stereocenters. The van der Waals surface area contributed by atoms with Crippen molar-refractivity contribution in [3.8, 4) is 5.75 Å². The molecule has 1 aliphatic rings. The van der Waals surface area contributed by atoms with Gasteiger partial charge >= 0.3 is 0 Å². The number of ether oxygens (including phenoxy) is 2. The highest BCUT2D eigenvalue weighted by atomic mass is 16.5. The van der Waals surface area contributed by atoms with Crippen molar-refractivity contribution in [2.24, 2.45) is 0 Å². The Morgan fingerprint density at radius 3 is 2.75 bits per heavy atom. The average Bonchev–Trinajstić information content (AvgIpc) is 2.51. The van der Waals surface area contributed by atoms with E-state index >= 15 is 0 Å². The van der Waals surface area contributed by atoms with E-state index in [2.05, 4.69) is 37.5 Å². The third kappa shape index (κ3) is 3.49. The van der Waals surface area contributed by atoms with E-state index in [-0.39, 0.29) is 6.10 Å². The molecule has 2 nitrogen and oxygen atoms in total. The van der Waals surface area contributed by atoms with Gasteiger partial charge in [0.2, 0.25) is 0 Å². The first-order chi connectivity index (χ1) is 9.86. The van der Waals surface area contributed by atoms with Crippen LogP contribution in [0.2, 0.25) is 0 Å². The lowest BCUT2D eigenvalue weighted by atomic mass is 9.94. The second kappa shape index (κ2) is 7.51. The van der Waals surface area contributed by atoms with Crippen LogP contribution in [-0.4, -0.2) is 19.3 Å². The zero-order valence-corrected chi connectivity index (χ0v) is 11.6. The van der Waals surface area contributed by atoms with Gasteiger partial charge in [0.05, 0.1) is 12.7 Å². The maximum atomic E-state index is 5.85. The molecule has 0 N–H and O–H groups in total. The summed E-state index contributed by atoms with van der Waals surface area (Å²) < 4.78 is 11.6. The van der Waals surface area contributed by atoms with E-state index in [0.717, 1.165) is 23.3 Å². The summed E-state index contributed by atoms with van der Waals surface area (Å²) in [6, 6.07) is 8.02. The minimum atomic E-state index is 0.0477. The van der Waals surface area contributed by atoms with Crippen LogP contribution >= 0.6 is 0 Å². The van der Waals surface area contributed by atoms with Crippen LogP contribution in [0.15, 0.2) is 67.8 Å². The number of allylic oxidation sites excluding steroid dienone is 2. The molecule has 0 saturated heterocycles. The fraction of sp³-hybridized carbons (Fsp3) is 0.222. The van der Waals surface area contributed by atoms with E-state index in [9.17, 15) is 0 Å². The maximum absolute atomic E-state index is 5.85. The molecule has 104 valence electrons. The van der Waals surface area contributed by atoms with Crippen LogP contribution in [0, 0.1) is 0 Å². The fourth-order valence-electron chi connectivity index (χ4n) is 2.19. The predicted molar refractivity (Wildman–Crippen MR) is 83.8 cm³/mol. The second-order valence-electron chi connectivity index (χ2n) is 4.49. The van der Waals surface area contributed by atoms with Crippen molar-refractivity contribution in [1.29, 1.82) is 0 Å². The zero-order valence-electron chi connectivity index (χ0n) is 11.6. The Hall–Kier alpha value is -2.06. The first-order valence-corrected chi connectivity index (χ1v) is 6.79. The van der Waals surface area contributed by atoms with Crippen molar-refractivity contribution in [1.82, 2.24) is 0 Å². The predicted octanol–water partition coefficient (Wildman–Crippen LogP) is 4.17. The molecule has 0 aromatic heterocycles.